The average Bonchev–Trinajstić information content (AvgIpc) is 2.78. The molecule has 5 heteroatoms. The van der Waals surface area contributed by atoms with Crippen molar-refractivity contribution in [2.24, 2.45) is 0 Å². The zero-order chi connectivity index (χ0) is 13.0. The van der Waals surface area contributed by atoms with Crippen molar-refractivity contribution in [2.45, 2.75) is 12.8 Å². The molecule has 1 N–H and O–H groups in total. The monoisotopic (exact) mass is 267 g/mol. The fourth-order valence-corrected chi connectivity index (χ4v) is 2.04. The molecule has 1 aromatic heterocycles. The summed E-state index contributed by atoms with van der Waals surface area (Å²) in [7, 11) is 1.92. The molecule has 0 radical (unpaired) electrons. The number of aryl methyl sites for hydroxylation is 1. The fraction of sp³-hybridized carbons (Fsp3) is 0.308. The minimum absolute atomic E-state index is 0.305. The van der Waals surface area contributed by atoms with Crippen molar-refractivity contribution in [2.75, 3.05) is 13.6 Å². The second-order valence-corrected chi connectivity index (χ2v) is 4.48. The van der Waals surface area contributed by atoms with Gasteiger partial charge in [0.15, 0.2) is 0 Å². The van der Waals surface area contributed by atoms with E-state index in [-0.39, 0.29) is 5.82 Å². The van der Waals surface area contributed by atoms with Crippen LogP contribution in [0.2, 0.25) is 5.02 Å². The third kappa shape index (κ3) is 2.89. The number of hydrogen-bond donors (Lipinski definition) is 1. The van der Waals surface area contributed by atoms with Gasteiger partial charge in [-0.25, -0.2) is 9.07 Å². The molecule has 1 aromatic carbocycles. The van der Waals surface area contributed by atoms with E-state index in [1.165, 1.54) is 10.7 Å². The summed E-state index contributed by atoms with van der Waals surface area (Å²) in [4.78, 5) is 0. The van der Waals surface area contributed by atoms with Crippen LogP contribution < -0.4 is 5.32 Å². The number of para-hydroxylation sites is 1. The third-order valence-electron chi connectivity index (χ3n) is 2.69. The zero-order valence-electron chi connectivity index (χ0n) is 10.2. The maximum atomic E-state index is 13.7. The van der Waals surface area contributed by atoms with Crippen LogP contribution in [0.4, 0.5) is 4.39 Å². The van der Waals surface area contributed by atoms with E-state index in [0.717, 1.165) is 24.9 Å². The molecular formula is C13H15ClFN3. The Hall–Kier alpha value is -1.39. The molecule has 3 nitrogen and oxygen atoms in total. The largest absolute Gasteiger partial charge is 0.320 e. The summed E-state index contributed by atoms with van der Waals surface area (Å²) < 4.78 is 15.2. The van der Waals surface area contributed by atoms with Gasteiger partial charge in [0.1, 0.15) is 11.5 Å². The van der Waals surface area contributed by atoms with Crippen molar-refractivity contribution in [1.82, 2.24) is 15.1 Å². The predicted molar refractivity (Wildman–Crippen MR) is 70.8 cm³/mol. The molecule has 0 bridgehead atoms. The molecule has 1 heterocycles. The molecule has 0 amide bonds. The SMILES string of the molecule is CNCCCc1cnn(-c2c(F)cccc2Cl)c1. The van der Waals surface area contributed by atoms with Crippen LogP contribution in [-0.2, 0) is 6.42 Å². The van der Waals surface area contributed by atoms with Crippen LogP contribution in [0.25, 0.3) is 5.69 Å². The van der Waals surface area contributed by atoms with E-state index >= 15 is 0 Å². The molecule has 0 saturated carbocycles. The van der Waals surface area contributed by atoms with Gasteiger partial charge in [0.25, 0.3) is 0 Å². The third-order valence-corrected chi connectivity index (χ3v) is 3.00. The molecule has 0 aliphatic rings. The quantitative estimate of drug-likeness (QED) is 0.845. The van der Waals surface area contributed by atoms with Crippen molar-refractivity contribution in [3.63, 3.8) is 0 Å². The van der Waals surface area contributed by atoms with Crippen molar-refractivity contribution in [3.05, 3.63) is 47.0 Å². The predicted octanol–water partition coefficient (Wildman–Crippen LogP) is 2.82. The Morgan fingerprint density at radius 3 is 3.00 bits per heavy atom. The van der Waals surface area contributed by atoms with Crippen LogP contribution in [0.5, 0.6) is 0 Å². The van der Waals surface area contributed by atoms with E-state index in [2.05, 4.69) is 10.4 Å². The van der Waals surface area contributed by atoms with Gasteiger partial charge in [-0.1, -0.05) is 17.7 Å². The van der Waals surface area contributed by atoms with Crippen molar-refractivity contribution < 1.29 is 4.39 Å². The van der Waals surface area contributed by atoms with E-state index < -0.39 is 0 Å². The van der Waals surface area contributed by atoms with Gasteiger partial charge in [-0.2, -0.15) is 5.10 Å². The first-order valence-electron chi connectivity index (χ1n) is 5.85. The van der Waals surface area contributed by atoms with Crippen LogP contribution >= 0.6 is 11.6 Å². The van der Waals surface area contributed by atoms with E-state index in [4.69, 9.17) is 11.6 Å². The molecule has 2 rings (SSSR count). The van der Waals surface area contributed by atoms with Crippen LogP contribution in [0.1, 0.15) is 12.0 Å². The molecule has 96 valence electrons. The van der Waals surface area contributed by atoms with Crippen molar-refractivity contribution in [1.29, 1.82) is 0 Å². The molecule has 0 aliphatic heterocycles. The smallest absolute Gasteiger partial charge is 0.150 e. The first-order chi connectivity index (χ1) is 8.72. The number of nitrogens with one attached hydrogen (secondary N) is 1. The Bertz CT molecular complexity index is 504. The highest BCUT2D eigenvalue weighted by atomic mass is 35.5. The van der Waals surface area contributed by atoms with Crippen molar-refractivity contribution in [3.8, 4) is 5.69 Å². The summed E-state index contributed by atoms with van der Waals surface area (Å²) in [5.41, 5.74) is 1.38. The standard InChI is InChI=1S/C13H15ClFN3/c1-16-7-3-4-10-8-17-18(9-10)13-11(14)5-2-6-12(13)15/h2,5-6,8-9,16H,3-4,7H2,1H3. The van der Waals surface area contributed by atoms with Gasteiger partial charge in [-0.3, -0.25) is 0 Å². The Kier molecular flexibility index (Phi) is 4.33. The molecule has 2 aromatic rings. The first-order valence-corrected chi connectivity index (χ1v) is 6.22. The molecule has 0 atom stereocenters. The van der Waals surface area contributed by atoms with E-state index in [1.807, 2.05) is 13.2 Å². The Balaban J connectivity index is 2.19. The summed E-state index contributed by atoms with van der Waals surface area (Å²) in [6, 6.07) is 4.62. The highest BCUT2D eigenvalue weighted by Gasteiger charge is 2.10. The second kappa shape index (κ2) is 5.98. The van der Waals surface area contributed by atoms with E-state index in [9.17, 15) is 4.39 Å². The molecule has 0 fully saturated rings. The molecule has 18 heavy (non-hydrogen) atoms. The van der Waals surface area contributed by atoms with Crippen LogP contribution in [0, 0.1) is 5.82 Å². The molecule has 0 aliphatic carbocycles. The lowest BCUT2D eigenvalue weighted by atomic mass is 10.2. The Labute approximate surface area is 111 Å². The summed E-state index contributed by atoms with van der Waals surface area (Å²) in [5.74, 6) is -0.368. The fourth-order valence-electron chi connectivity index (χ4n) is 1.79. The number of aromatic nitrogens is 2. The van der Waals surface area contributed by atoms with Crippen LogP contribution in [0.15, 0.2) is 30.6 Å². The number of nitrogens with zero attached hydrogens (tertiary/aromatic N) is 2. The summed E-state index contributed by atoms with van der Waals surface area (Å²) in [6.45, 7) is 0.950. The zero-order valence-corrected chi connectivity index (χ0v) is 10.9. The van der Waals surface area contributed by atoms with Gasteiger partial charge in [0, 0.05) is 6.20 Å². The number of hydrogen-bond acceptors (Lipinski definition) is 2. The lowest BCUT2D eigenvalue weighted by Gasteiger charge is -2.04. The molecule has 0 spiro atoms. The van der Waals surface area contributed by atoms with Crippen molar-refractivity contribution >= 4 is 11.6 Å². The molecule has 0 saturated heterocycles. The average molecular weight is 268 g/mol. The van der Waals surface area contributed by atoms with Gasteiger partial charge in [-0.05, 0) is 44.1 Å². The summed E-state index contributed by atoms with van der Waals surface area (Å²) in [5, 5.41) is 7.61. The maximum Gasteiger partial charge on any atom is 0.150 e. The van der Waals surface area contributed by atoms with Gasteiger partial charge >= 0.3 is 0 Å². The lowest BCUT2D eigenvalue weighted by molar-refractivity contribution is 0.611. The minimum Gasteiger partial charge on any atom is -0.320 e. The van der Waals surface area contributed by atoms with Gasteiger partial charge in [0.2, 0.25) is 0 Å². The summed E-state index contributed by atoms with van der Waals surface area (Å²) >= 11 is 5.99. The van der Waals surface area contributed by atoms with E-state index in [0.29, 0.717) is 10.7 Å². The Morgan fingerprint density at radius 1 is 1.44 bits per heavy atom. The number of rotatable bonds is 5. The number of halogens is 2. The normalized spacial score (nSPS) is 10.8. The van der Waals surface area contributed by atoms with Crippen LogP contribution in [0.3, 0.4) is 0 Å². The molecule has 0 unspecified atom stereocenters. The molecular weight excluding hydrogens is 253 g/mol. The van der Waals surface area contributed by atoms with Gasteiger partial charge < -0.3 is 5.32 Å². The van der Waals surface area contributed by atoms with Gasteiger partial charge in [0.05, 0.1) is 11.2 Å². The summed E-state index contributed by atoms with van der Waals surface area (Å²) in [6.07, 6.45) is 5.50. The highest BCUT2D eigenvalue weighted by molar-refractivity contribution is 6.32. The van der Waals surface area contributed by atoms with Crippen LogP contribution in [-0.4, -0.2) is 23.4 Å². The number of benzene rings is 1. The topological polar surface area (TPSA) is 29.9 Å². The first kappa shape index (κ1) is 13.1. The minimum atomic E-state index is -0.368. The van der Waals surface area contributed by atoms with Gasteiger partial charge in [-0.15, -0.1) is 0 Å². The maximum absolute atomic E-state index is 13.7. The Morgan fingerprint density at radius 2 is 2.28 bits per heavy atom. The second-order valence-electron chi connectivity index (χ2n) is 4.07. The lowest BCUT2D eigenvalue weighted by Crippen LogP contribution is -2.08. The highest BCUT2D eigenvalue weighted by Crippen LogP contribution is 2.23. The van der Waals surface area contributed by atoms with E-state index in [1.54, 1.807) is 18.3 Å².